The van der Waals surface area contributed by atoms with Crippen LogP contribution in [0.15, 0.2) is 49.1 Å². The van der Waals surface area contributed by atoms with Crippen molar-refractivity contribution in [2.45, 2.75) is 13.0 Å². The van der Waals surface area contributed by atoms with Crippen LogP contribution in [0.3, 0.4) is 0 Å². The Morgan fingerprint density at radius 2 is 2.07 bits per heavy atom. The summed E-state index contributed by atoms with van der Waals surface area (Å²) in [5.74, 6) is 0.655. The maximum Gasteiger partial charge on any atom is 0.143 e. The van der Waals surface area contributed by atoms with Gasteiger partial charge in [0.1, 0.15) is 40.5 Å². The Hall–Kier alpha value is -4.32. The highest BCUT2D eigenvalue weighted by Gasteiger charge is 2.18. The number of aromatic amines is 1. The van der Waals surface area contributed by atoms with Crippen molar-refractivity contribution in [1.29, 1.82) is 5.26 Å². The summed E-state index contributed by atoms with van der Waals surface area (Å²) in [6, 6.07) is 9.41. The predicted molar refractivity (Wildman–Crippen MR) is 109 cm³/mol. The van der Waals surface area contributed by atoms with E-state index >= 15 is 0 Å². The number of rotatable bonds is 4. The van der Waals surface area contributed by atoms with Crippen LogP contribution >= 0.6 is 0 Å². The first-order valence-electron chi connectivity index (χ1n) is 9.28. The molecule has 0 aliphatic heterocycles. The molecule has 4 heterocycles. The number of H-pyrrole nitrogens is 1. The summed E-state index contributed by atoms with van der Waals surface area (Å²) < 4.78 is 7.91. The molecule has 0 spiro atoms. The van der Waals surface area contributed by atoms with Crippen LogP contribution in [0.25, 0.3) is 33.2 Å². The fourth-order valence-electron chi connectivity index (χ4n) is 3.43. The highest BCUT2D eigenvalue weighted by atomic mass is 16.5. The molecular weight excluding hydrogens is 380 g/mol. The average Bonchev–Trinajstić information content (AvgIpc) is 3.38. The Bertz CT molecular complexity index is 1430. The minimum absolute atomic E-state index is 0.276. The number of hydrogen-bond acceptors (Lipinski definition) is 7. The minimum Gasteiger partial charge on any atom is -0.484 e. The summed E-state index contributed by atoms with van der Waals surface area (Å²) in [6.45, 7) is 1.87. The third kappa shape index (κ3) is 3.00. The Morgan fingerprint density at radius 1 is 1.20 bits per heavy atom. The molecule has 1 unspecified atom stereocenters. The van der Waals surface area contributed by atoms with Crippen LogP contribution in [0.1, 0.15) is 24.4 Å². The lowest BCUT2D eigenvalue weighted by molar-refractivity contribution is 0.223. The standard InChI is InChI=1S/C21H16N8O/c1-12(19-21-18(23-5-6-24-21)7-14(9-22)26-19)30-15-3-4-17-16(8-15)20(28-27-17)13-10-25-29(2)11-13/h3-8,10-12H,1-2H3,(H,27,28). The highest BCUT2D eigenvalue weighted by molar-refractivity contribution is 5.93. The third-order valence-corrected chi connectivity index (χ3v) is 4.81. The second kappa shape index (κ2) is 6.93. The lowest BCUT2D eigenvalue weighted by Gasteiger charge is -2.16. The second-order valence-electron chi connectivity index (χ2n) is 6.87. The summed E-state index contributed by atoms with van der Waals surface area (Å²) in [5.41, 5.74) is 4.68. The van der Waals surface area contributed by atoms with E-state index in [1.807, 2.05) is 38.4 Å². The SMILES string of the molecule is CC(Oc1ccc2[nH]nc(-c3cnn(C)c3)c2c1)c1nc(C#N)cc2nccnc12. The van der Waals surface area contributed by atoms with Crippen LogP contribution in [0.4, 0.5) is 0 Å². The molecule has 0 fully saturated rings. The lowest BCUT2D eigenvalue weighted by Crippen LogP contribution is -2.08. The highest BCUT2D eigenvalue weighted by Crippen LogP contribution is 2.31. The van der Waals surface area contributed by atoms with Gasteiger partial charge in [-0.2, -0.15) is 15.5 Å². The first-order valence-corrected chi connectivity index (χ1v) is 9.28. The van der Waals surface area contributed by atoms with E-state index in [1.54, 1.807) is 29.3 Å². The molecule has 0 radical (unpaired) electrons. The Balaban J connectivity index is 1.53. The van der Waals surface area contributed by atoms with Crippen molar-refractivity contribution in [3.8, 4) is 23.1 Å². The van der Waals surface area contributed by atoms with Crippen LogP contribution in [-0.2, 0) is 7.05 Å². The molecule has 30 heavy (non-hydrogen) atoms. The van der Waals surface area contributed by atoms with Gasteiger partial charge in [-0.15, -0.1) is 0 Å². The van der Waals surface area contributed by atoms with E-state index in [1.165, 1.54) is 0 Å². The van der Waals surface area contributed by atoms with Gasteiger partial charge in [0.05, 0.1) is 17.2 Å². The summed E-state index contributed by atoms with van der Waals surface area (Å²) in [7, 11) is 1.87. The van der Waals surface area contributed by atoms with E-state index in [2.05, 4.69) is 36.3 Å². The van der Waals surface area contributed by atoms with Gasteiger partial charge in [-0.1, -0.05) is 0 Å². The second-order valence-corrected chi connectivity index (χ2v) is 6.87. The van der Waals surface area contributed by atoms with Gasteiger partial charge in [0.25, 0.3) is 0 Å². The van der Waals surface area contributed by atoms with Crippen LogP contribution in [0, 0.1) is 11.3 Å². The first-order chi connectivity index (χ1) is 14.6. The van der Waals surface area contributed by atoms with Gasteiger partial charge in [0.2, 0.25) is 0 Å². The number of fused-ring (bicyclic) bond motifs is 2. The largest absolute Gasteiger partial charge is 0.484 e. The molecular formula is C21H16N8O. The molecule has 0 aliphatic carbocycles. The molecule has 0 saturated carbocycles. The van der Waals surface area contributed by atoms with Crippen LogP contribution in [0.5, 0.6) is 5.75 Å². The quantitative estimate of drug-likeness (QED) is 0.495. The molecule has 9 heteroatoms. The summed E-state index contributed by atoms with van der Waals surface area (Å²) in [4.78, 5) is 13.1. The zero-order valence-corrected chi connectivity index (χ0v) is 16.2. The van der Waals surface area contributed by atoms with E-state index in [0.717, 1.165) is 22.2 Å². The Labute approximate surface area is 171 Å². The molecule has 0 saturated heterocycles. The molecule has 0 bridgehead atoms. The number of aromatic nitrogens is 7. The Kier molecular flexibility index (Phi) is 4.10. The van der Waals surface area contributed by atoms with Gasteiger partial charge >= 0.3 is 0 Å². The van der Waals surface area contributed by atoms with Gasteiger partial charge in [0, 0.05) is 42.7 Å². The van der Waals surface area contributed by atoms with Crippen LogP contribution in [0.2, 0.25) is 0 Å². The van der Waals surface area contributed by atoms with E-state index < -0.39 is 6.10 Å². The van der Waals surface area contributed by atoms with Crippen molar-refractivity contribution in [3.63, 3.8) is 0 Å². The van der Waals surface area contributed by atoms with Crippen molar-refractivity contribution >= 4 is 21.9 Å². The number of nitrogens with zero attached hydrogens (tertiary/aromatic N) is 7. The summed E-state index contributed by atoms with van der Waals surface area (Å²) in [5, 5.41) is 21.9. The molecule has 0 aliphatic rings. The number of nitriles is 1. The third-order valence-electron chi connectivity index (χ3n) is 4.81. The number of hydrogen-bond donors (Lipinski definition) is 1. The fraction of sp³-hybridized carbons (Fsp3) is 0.143. The smallest absolute Gasteiger partial charge is 0.143 e. The molecule has 1 aromatic carbocycles. The maximum atomic E-state index is 9.31. The maximum absolute atomic E-state index is 9.31. The summed E-state index contributed by atoms with van der Waals surface area (Å²) >= 11 is 0. The van der Waals surface area contributed by atoms with Crippen molar-refractivity contribution in [2.24, 2.45) is 7.05 Å². The van der Waals surface area contributed by atoms with Gasteiger partial charge in [-0.3, -0.25) is 19.7 Å². The van der Waals surface area contributed by atoms with E-state index in [4.69, 9.17) is 4.74 Å². The molecule has 5 rings (SSSR count). The van der Waals surface area contributed by atoms with Crippen molar-refractivity contribution in [2.75, 3.05) is 0 Å². The molecule has 1 N–H and O–H groups in total. The molecule has 5 aromatic rings. The number of pyridine rings is 1. The molecule has 0 amide bonds. The van der Waals surface area contributed by atoms with Gasteiger partial charge in [-0.25, -0.2) is 4.98 Å². The van der Waals surface area contributed by atoms with Crippen molar-refractivity contribution in [1.82, 2.24) is 34.9 Å². The minimum atomic E-state index is -0.441. The molecule has 4 aromatic heterocycles. The molecule has 146 valence electrons. The lowest BCUT2D eigenvalue weighted by atomic mass is 10.1. The number of aryl methyl sites for hydroxylation is 1. The van der Waals surface area contributed by atoms with Crippen molar-refractivity contribution < 1.29 is 4.74 Å². The summed E-state index contributed by atoms with van der Waals surface area (Å²) in [6.07, 6.45) is 6.43. The number of ether oxygens (including phenoxy) is 1. The molecule has 9 nitrogen and oxygen atoms in total. The zero-order chi connectivity index (χ0) is 20.7. The normalized spacial score (nSPS) is 12.2. The van der Waals surface area contributed by atoms with Gasteiger partial charge in [0.15, 0.2) is 0 Å². The van der Waals surface area contributed by atoms with Gasteiger partial charge < -0.3 is 4.74 Å². The van der Waals surface area contributed by atoms with E-state index in [0.29, 0.717) is 22.5 Å². The van der Waals surface area contributed by atoms with Gasteiger partial charge in [-0.05, 0) is 25.1 Å². The van der Waals surface area contributed by atoms with Crippen LogP contribution in [-0.4, -0.2) is 34.9 Å². The molecule has 1 atom stereocenters. The number of nitrogens with one attached hydrogen (secondary N) is 1. The predicted octanol–water partition coefficient (Wildman–Crippen LogP) is 3.31. The first kappa shape index (κ1) is 17.8. The monoisotopic (exact) mass is 396 g/mol. The van der Waals surface area contributed by atoms with Crippen molar-refractivity contribution in [3.05, 3.63) is 60.4 Å². The van der Waals surface area contributed by atoms with E-state index in [9.17, 15) is 5.26 Å². The van der Waals surface area contributed by atoms with E-state index in [-0.39, 0.29) is 5.69 Å². The zero-order valence-electron chi connectivity index (χ0n) is 16.2. The number of benzene rings is 1. The topological polar surface area (TPSA) is 118 Å². The van der Waals surface area contributed by atoms with Crippen LogP contribution < -0.4 is 4.74 Å². The Morgan fingerprint density at radius 3 is 2.87 bits per heavy atom. The average molecular weight is 396 g/mol. The fourth-order valence-corrected chi connectivity index (χ4v) is 3.43.